The van der Waals surface area contributed by atoms with Crippen molar-refractivity contribution < 1.29 is 17.9 Å². The molecule has 1 saturated heterocycles. The molecular weight excluding hydrogens is 442 g/mol. The Bertz CT molecular complexity index is 1280. The third-order valence-corrected chi connectivity index (χ3v) is 7.33. The highest BCUT2D eigenvalue weighted by atomic mass is 32.2. The molecule has 0 saturated carbocycles. The number of hydrogen-bond acceptors (Lipinski definition) is 5. The zero-order valence-corrected chi connectivity index (χ0v) is 18.8. The van der Waals surface area contributed by atoms with Crippen LogP contribution in [0, 0.1) is 0 Å². The summed E-state index contributed by atoms with van der Waals surface area (Å²) in [6, 6.07) is 18.7. The first-order chi connectivity index (χ1) is 15.9. The van der Waals surface area contributed by atoms with Crippen LogP contribution >= 0.6 is 0 Å². The van der Waals surface area contributed by atoms with Crippen LogP contribution < -0.4 is 10.9 Å². The number of nitrogens with zero attached hydrogens (tertiary/aromatic N) is 2. The second-order valence-corrected chi connectivity index (χ2v) is 9.65. The van der Waals surface area contributed by atoms with Gasteiger partial charge in [0.25, 0.3) is 11.5 Å². The molecule has 2 aromatic carbocycles. The molecule has 0 aliphatic carbocycles. The number of rotatable bonds is 7. The van der Waals surface area contributed by atoms with Gasteiger partial charge in [0, 0.05) is 37.5 Å². The Kier molecular flexibility index (Phi) is 7.02. The van der Waals surface area contributed by atoms with Gasteiger partial charge in [-0.05, 0) is 35.4 Å². The molecule has 0 spiro atoms. The molecule has 0 bridgehead atoms. The van der Waals surface area contributed by atoms with E-state index in [4.69, 9.17) is 4.74 Å². The van der Waals surface area contributed by atoms with Crippen molar-refractivity contribution in [3.63, 3.8) is 0 Å². The fourth-order valence-electron chi connectivity index (χ4n) is 3.57. The minimum atomic E-state index is -3.67. The van der Waals surface area contributed by atoms with E-state index in [1.54, 1.807) is 29.0 Å². The molecule has 33 heavy (non-hydrogen) atoms. The van der Waals surface area contributed by atoms with E-state index in [-0.39, 0.29) is 21.9 Å². The molecule has 1 amide bonds. The van der Waals surface area contributed by atoms with Gasteiger partial charge in [0.2, 0.25) is 10.0 Å². The van der Waals surface area contributed by atoms with Crippen LogP contribution in [0.4, 0.5) is 0 Å². The number of benzene rings is 2. The van der Waals surface area contributed by atoms with E-state index in [0.29, 0.717) is 39.4 Å². The zero-order chi connectivity index (χ0) is 23.3. The van der Waals surface area contributed by atoms with Crippen LogP contribution in [-0.2, 0) is 27.8 Å². The summed E-state index contributed by atoms with van der Waals surface area (Å²) < 4.78 is 33.9. The molecule has 172 valence electrons. The summed E-state index contributed by atoms with van der Waals surface area (Å²) >= 11 is 0. The lowest BCUT2D eigenvalue weighted by Crippen LogP contribution is -2.40. The van der Waals surface area contributed by atoms with Gasteiger partial charge in [-0.3, -0.25) is 9.59 Å². The van der Waals surface area contributed by atoms with E-state index < -0.39 is 10.0 Å². The van der Waals surface area contributed by atoms with E-state index in [0.717, 1.165) is 11.1 Å². The fourth-order valence-corrected chi connectivity index (χ4v) is 5.02. The minimum Gasteiger partial charge on any atom is -0.379 e. The van der Waals surface area contributed by atoms with Crippen LogP contribution in [0.25, 0.3) is 0 Å². The predicted octanol–water partition coefficient (Wildman–Crippen LogP) is 1.85. The molecule has 1 fully saturated rings. The number of hydrogen-bond donors (Lipinski definition) is 1. The molecule has 1 aromatic heterocycles. The Hall–Kier alpha value is -3.27. The highest BCUT2D eigenvalue weighted by Gasteiger charge is 2.26. The van der Waals surface area contributed by atoms with Gasteiger partial charge >= 0.3 is 0 Å². The summed E-state index contributed by atoms with van der Waals surface area (Å²) in [7, 11) is -3.67. The molecule has 2 heterocycles. The number of aromatic nitrogens is 1. The van der Waals surface area contributed by atoms with Crippen LogP contribution in [0.15, 0.2) is 82.6 Å². The lowest BCUT2D eigenvalue weighted by Gasteiger charge is -2.26. The summed E-state index contributed by atoms with van der Waals surface area (Å²) in [5.41, 5.74) is 2.08. The number of sulfonamides is 1. The lowest BCUT2D eigenvalue weighted by molar-refractivity contribution is 0.0730. The maximum Gasteiger partial charge on any atom is 0.251 e. The van der Waals surface area contributed by atoms with Gasteiger partial charge in [-0.15, -0.1) is 0 Å². The van der Waals surface area contributed by atoms with Gasteiger partial charge in [-0.1, -0.05) is 36.4 Å². The van der Waals surface area contributed by atoms with Crippen LogP contribution in [0.2, 0.25) is 0 Å². The van der Waals surface area contributed by atoms with Crippen LogP contribution in [-0.4, -0.2) is 49.5 Å². The Balaban J connectivity index is 1.38. The van der Waals surface area contributed by atoms with E-state index in [1.165, 1.54) is 22.5 Å². The first-order valence-corrected chi connectivity index (χ1v) is 12.1. The molecule has 3 aromatic rings. The maximum atomic E-state index is 12.8. The fraction of sp³-hybridized carbons (Fsp3) is 0.250. The molecular formula is C24H25N3O5S. The summed E-state index contributed by atoms with van der Waals surface area (Å²) in [5.74, 6) is -0.353. The average molecular weight is 468 g/mol. The van der Waals surface area contributed by atoms with Crippen molar-refractivity contribution in [2.24, 2.45) is 0 Å². The SMILES string of the molecule is O=C(NCc1ccc(Cn2ccccc2=O)cc1)c1cccc(S(=O)(=O)N2CCOCC2)c1. The Morgan fingerprint density at radius 2 is 1.67 bits per heavy atom. The second kappa shape index (κ2) is 10.1. The van der Waals surface area contributed by atoms with Crippen molar-refractivity contribution in [3.05, 3.63) is 100.0 Å². The minimum absolute atomic E-state index is 0.0632. The zero-order valence-electron chi connectivity index (χ0n) is 18.0. The molecule has 4 rings (SSSR count). The molecule has 8 nitrogen and oxygen atoms in total. The van der Waals surface area contributed by atoms with Crippen molar-refractivity contribution in [1.29, 1.82) is 0 Å². The van der Waals surface area contributed by atoms with Crippen LogP contribution in [0.5, 0.6) is 0 Å². The summed E-state index contributed by atoms with van der Waals surface area (Å²) in [5, 5.41) is 2.83. The topological polar surface area (TPSA) is 97.7 Å². The number of carbonyl (C=O) groups is 1. The lowest BCUT2D eigenvalue weighted by atomic mass is 10.1. The molecule has 1 N–H and O–H groups in total. The molecule has 0 atom stereocenters. The van der Waals surface area contributed by atoms with Crippen molar-refractivity contribution in [2.45, 2.75) is 18.0 Å². The monoisotopic (exact) mass is 467 g/mol. The van der Waals surface area contributed by atoms with Crippen LogP contribution in [0.3, 0.4) is 0 Å². The van der Waals surface area contributed by atoms with Crippen molar-refractivity contribution >= 4 is 15.9 Å². The Labute approximate surface area is 192 Å². The molecule has 0 unspecified atom stereocenters. The number of pyridine rings is 1. The first-order valence-electron chi connectivity index (χ1n) is 10.6. The standard InChI is InChI=1S/C24H25N3O5S/c28-23-6-1-2-11-26(23)18-20-9-7-19(8-10-20)17-25-24(29)21-4-3-5-22(16-21)33(30,31)27-12-14-32-15-13-27/h1-11,16H,12-15,17-18H2,(H,25,29). The van der Waals surface area contributed by atoms with E-state index in [2.05, 4.69) is 5.32 Å². The number of nitrogens with one attached hydrogen (secondary N) is 1. The number of morpholine rings is 1. The Morgan fingerprint density at radius 1 is 0.939 bits per heavy atom. The normalized spacial score (nSPS) is 14.7. The summed E-state index contributed by atoms with van der Waals surface area (Å²) in [6.07, 6.45) is 1.74. The summed E-state index contributed by atoms with van der Waals surface area (Å²) in [6.45, 7) is 2.09. The third-order valence-electron chi connectivity index (χ3n) is 5.43. The smallest absolute Gasteiger partial charge is 0.251 e. The first kappa shape index (κ1) is 22.9. The molecule has 9 heteroatoms. The highest BCUT2D eigenvalue weighted by molar-refractivity contribution is 7.89. The van der Waals surface area contributed by atoms with Gasteiger partial charge in [0.1, 0.15) is 0 Å². The van der Waals surface area contributed by atoms with Gasteiger partial charge in [0.15, 0.2) is 0 Å². The van der Waals surface area contributed by atoms with Gasteiger partial charge in [-0.2, -0.15) is 4.31 Å². The predicted molar refractivity (Wildman–Crippen MR) is 123 cm³/mol. The van der Waals surface area contributed by atoms with E-state index in [1.807, 2.05) is 30.3 Å². The van der Waals surface area contributed by atoms with E-state index in [9.17, 15) is 18.0 Å². The third kappa shape index (κ3) is 5.57. The van der Waals surface area contributed by atoms with Crippen molar-refractivity contribution in [3.8, 4) is 0 Å². The van der Waals surface area contributed by atoms with Gasteiger partial charge in [-0.25, -0.2) is 8.42 Å². The average Bonchev–Trinajstić information content (AvgIpc) is 2.85. The maximum absolute atomic E-state index is 12.8. The second-order valence-electron chi connectivity index (χ2n) is 7.71. The summed E-state index contributed by atoms with van der Waals surface area (Å²) in [4.78, 5) is 24.6. The van der Waals surface area contributed by atoms with Crippen molar-refractivity contribution in [1.82, 2.24) is 14.2 Å². The van der Waals surface area contributed by atoms with E-state index >= 15 is 0 Å². The van der Waals surface area contributed by atoms with Crippen LogP contribution in [0.1, 0.15) is 21.5 Å². The number of ether oxygens (including phenoxy) is 1. The molecule has 1 aliphatic heterocycles. The number of amides is 1. The van der Waals surface area contributed by atoms with Gasteiger partial charge < -0.3 is 14.6 Å². The number of carbonyl (C=O) groups excluding carboxylic acids is 1. The van der Waals surface area contributed by atoms with Gasteiger partial charge in [0.05, 0.1) is 24.7 Å². The Morgan fingerprint density at radius 3 is 2.39 bits per heavy atom. The largest absolute Gasteiger partial charge is 0.379 e. The molecule has 1 aliphatic rings. The quantitative estimate of drug-likeness (QED) is 0.572. The van der Waals surface area contributed by atoms with Crippen molar-refractivity contribution in [2.75, 3.05) is 26.3 Å². The molecule has 0 radical (unpaired) electrons. The highest BCUT2D eigenvalue weighted by Crippen LogP contribution is 2.18.